The fraction of sp³-hybridized carbons (Fsp3) is 0.0625. The molecule has 4 heteroatoms. The molecule has 0 aliphatic rings. The van der Waals surface area contributed by atoms with Gasteiger partial charge in [0.15, 0.2) is 0 Å². The SMILES string of the molecule is COc1ccc2c(-c3cccc(O)c3)cc(=O)oc2c1. The summed E-state index contributed by atoms with van der Waals surface area (Å²) in [5.41, 5.74) is 1.49. The van der Waals surface area contributed by atoms with E-state index in [-0.39, 0.29) is 5.75 Å². The van der Waals surface area contributed by atoms with Crippen molar-refractivity contribution in [2.75, 3.05) is 7.11 Å². The van der Waals surface area contributed by atoms with Crippen molar-refractivity contribution in [3.8, 4) is 22.6 Å². The number of rotatable bonds is 2. The minimum atomic E-state index is -0.441. The molecule has 20 heavy (non-hydrogen) atoms. The Morgan fingerprint density at radius 2 is 1.95 bits per heavy atom. The molecule has 0 aliphatic heterocycles. The van der Waals surface area contributed by atoms with Gasteiger partial charge in [-0.2, -0.15) is 0 Å². The maximum Gasteiger partial charge on any atom is 0.336 e. The monoisotopic (exact) mass is 268 g/mol. The highest BCUT2D eigenvalue weighted by Gasteiger charge is 2.09. The lowest BCUT2D eigenvalue weighted by Gasteiger charge is -2.07. The van der Waals surface area contributed by atoms with Crippen LogP contribution in [-0.2, 0) is 0 Å². The van der Waals surface area contributed by atoms with Crippen molar-refractivity contribution in [1.82, 2.24) is 0 Å². The Morgan fingerprint density at radius 1 is 1.10 bits per heavy atom. The molecule has 0 unspecified atom stereocenters. The van der Waals surface area contributed by atoms with E-state index >= 15 is 0 Å². The second-order valence-corrected chi connectivity index (χ2v) is 4.39. The van der Waals surface area contributed by atoms with Crippen LogP contribution in [-0.4, -0.2) is 12.2 Å². The van der Waals surface area contributed by atoms with Gasteiger partial charge in [-0.15, -0.1) is 0 Å². The van der Waals surface area contributed by atoms with Crippen LogP contribution in [0.2, 0.25) is 0 Å². The Balaban J connectivity index is 2.32. The van der Waals surface area contributed by atoms with Crippen molar-refractivity contribution in [3.63, 3.8) is 0 Å². The minimum Gasteiger partial charge on any atom is -0.508 e. The lowest BCUT2D eigenvalue weighted by atomic mass is 10.0. The fourth-order valence-electron chi connectivity index (χ4n) is 2.18. The third kappa shape index (κ3) is 2.12. The second kappa shape index (κ2) is 4.74. The van der Waals surface area contributed by atoms with Gasteiger partial charge in [0.2, 0.25) is 0 Å². The maximum absolute atomic E-state index is 11.7. The zero-order chi connectivity index (χ0) is 14.1. The van der Waals surface area contributed by atoms with Crippen molar-refractivity contribution in [2.45, 2.75) is 0 Å². The van der Waals surface area contributed by atoms with E-state index < -0.39 is 5.63 Å². The zero-order valence-electron chi connectivity index (χ0n) is 10.8. The first-order valence-corrected chi connectivity index (χ1v) is 6.09. The summed E-state index contributed by atoms with van der Waals surface area (Å²) in [7, 11) is 1.55. The molecule has 0 spiro atoms. The molecule has 0 aliphatic carbocycles. The van der Waals surface area contributed by atoms with Crippen LogP contribution in [0.4, 0.5) is 0 Å². The van der Waals surface area contributed by atoms with Gasteiger partial charge in [-0.3, -0.25) is 0 Å². The molecule has 100 valence electrons. The molecule has 0 amide bonds. The highest BCUT2D eigenvalue weighted by molar-refractivity contribution is 5.93. The van der Waals surface area contributed by atoms with E-state index in [0.29, 0.717) is 11.3 Å². The smallest absolute Gasteiger partial charge is 0.336 e. The third-order valence-electron chi connectivity index (χ3n) is 3.11. The summed E-state index contributed by atoms with van der Waals surface area (Å²) in [4.78, 5) is 11.7. The van der Waals surface area contributed by atoms with Crippen molar-refractivity contribution in [2.24, 2.45) is 0 Å². The number of phenolic OH excluding ortho intramolecular Hbond substituents is 1. The number of fused-ring (bicyclic) bond motifs is 1. The molecule has 0 saturated heterocycles. The second-order valence-electron chi connectivity index (χ2n) is 4.39. The highest BCUT2D eigenvalue weighted by atomic mass is 16.5. The van der Waals surface area contributed by atoms with Gasteiger partial charge in [-0.1, -0.05) is 12.1 Å². The van der Waals surface area contributed by atoms with Gasteiger partial charge in [-0.25, -0.2) is 4.79 Å². The quantitative estimate of drug-likeness (QED) is 0.725. The molecule has 0 radical (unpaired) electrons. The standard InChI is InChI=1S/C16H12O4/c1-19-12-5-6-13-14(9-16(18)20-15(13)8-12)10-3-2-4-11(17)7-10/h2-9,17H,1H3. The summed E-state index contributed by atoms with van der Waals surface area (Å²) in [6, 6.07) is 13.5. The normalized spacial score (nSPS) is 10.7. The Bertz CT molecular complexity index is 833. The molecule has 0 bridgehead atoms. The van der Waals surface area contributed by atoms with Gasteiger partial charge in [-0.05, 0) is 35.4 Å². The summed E-state index contributed by atoms with van der Waals surface area (Å²) in [5.74, 6) is 0.770. The summed E-state index contributed by atoms with van der Waals surface area (Å²) in [6.45, 7) is 0. The van der Waals surface area contributed by atoms with E-state index in [0.717, 1.165) is 16.5 Å². The van der Waals surface area contributed by atoms with Gasteiger partial charge in [0.25, 0.3) is 0 Å². The molecule has 0 fully saturated rings. The molecule has 2 aromatic carbocycles. The number of aromatic hydroxyl groups is 1. The molecule has 1 N–H and O–H groups in total. The molecule has 3 aromatic rings. The first kappa shape index (κ1) is 12.3. The maximum atomic E-state index is 11.7. The summed E-state index contributed by atoms with van der Waals surface area (Å²) < 4.78 is 10.3. The number of hydrogen-bond donors (Lipinski definition) is 1. The van der Waals surface area contributed by atoms with E-state index in [1.54, 1.807) is 37.4 Å². The fourth-order valence-corrected chi connectivity index (χ4v) is 2.18. The van der Waals surface area contributed by atoms with Crippen molar-refractivity contribution in [3.05, 3.63) is 59.0 Å². The van der Waals surface area contributed by atoms with Crippen LogP contribution in [0.3, 0.4) is 0 Å². The largest absolute Gasteiger partial charge is 0.508 e. The minimum absolute atomic E-state index is 0.150. The summed E-state index contributed by atoms with van der Waals surface area (Å²) in [5, 5.41) is 10.4. The third-order valence-corrected chi connectivity index (χ3v) is 3.11. The summed E-state index contributed by atoms with van der Waals surface area (Å²) >= 11 is 0. The van der Waals surface area contributed by atoms with Crippen LogP contribution in [0.15, 0.2) is 57.7 Å². The molecular formula is C16H12O4. The molecule has 3 rings (SSSR count). The predicted octanol–water partition coefficient (Wildman–Crippen LogP) is 3.17. The van der Waals surface area contributed by atoms with E-state index in [1.807, 2.05) is 12.1 Å². The highest BCUT2D eigenvalue weighted by Crippen LogP contribution is 2.30. The van der Waals surface area contributed by atoms with Crippen LogP contribution in [0.1, 0.15) is 0 Å². The first-order chi connectivity index (χ1) is 9.67. The van der Waals surface area contributed by atoms with Gasteiger partial charge in [0, 0.05) is 17.5 Å². The number of methoxy groups -OCH3 is 1. The Morgan fingerprint density at radius 3 is 2.70 bits per heavy atom. The van der Waals surface area contributed by atoms with E-state index in [1.165, 1.54) is 6.07 Å². The van der Waals surface area contributed by atoms with Gasteiger partial charge < -0.3 is 14.3 Å². The number of ether oxygens (including phenoxy) is 1. The van der Waals surface area contributed by atoms with Crippen LogP contribution in [0.25, 0.3) is 22.1 Å². The number of phenols is 1. The lowest BCUT2D eigenvalue weighted by Crippen LogP contribution is -1.98. The van der Waals surface area contributed by atoms with Crippen molar-refractivity contribution < 1.29 is 14.3 Å². The van der Waals surface area contributed by atoms with Crippen molar-refractivity contribution >= 4 is 11.0 Å². The van der Waals surface area contributed by atoms with E-state index in [4.69, 9.17) is 9.15 Å². The van der Waals surface area contributed by atoms with Crippen LogP contribution in [0, 0.1) is 0 Å². The topological polar surface area (TPSA) is 59.7 Å². The molecule has 1 aromatic heterocycles. The molecule has 0 saturated carbocycles. The average molecular weight is 268 g/mol. The first-order valence-electron chi connectivity index (χ1n) is 6.09. The van der Waals surface area contributed by atoms with Crippen LogP contribution in [0.5, 0.6) is 11.5 Å². The number of hydrogen-bond acceptors (Lipinski definition) is 4. The average Bonchev–Trinajstić information content (AvgIpc) is 2.45. The van der Waals surface area contributed by atoms with Crippen LogP contribution >= 0.6 is 0 Å². The van der Waals surface area contributed by atoms with E-state index in [9.17, 15) is 9.90 Å². The van der Waals surface area contributed by atoms with Gasteiger partial charge in [0.1, 0.15) is 17.1 Å². The molecular weight excluding hydrogens is 256 g/mol. The molecule has 1 heterocycles. The Kier molecular flexibility index (Phi) is 2.91. The van der Waals surface area contributed by atoms with E-state index in [2.05, 4.69) is 0 Å². The molecule has 4 nitrogen and oxygen atoms in total. The van der Waals surface area contributed by atoms with Gasteiger partial charge in [0.05, 0.1) is 7.11 Å². The van der Waals surface area contributed by atoms with Crippen molar-refractivity contribution in [1.29, 1.82) is 0 Å². The lowest BCUT2D eigenvalue weighted by molar-refractivity contribution is 0.414. The number of benzene rings is 2. The summed E-state index contributed by atoms with van der Waals surface area (Å²) in [6.07, 6.45) is 0. The van der Waals surface area contributed by atoms with Crippen LogP contribution < -0.4 is 10.4 Å². The zero-order valence-corrected chi connectivity index (χ0v) is 10.8. The molecule has 0 atom stereocenters. The predicted molar refractivity (Wildman–Crippen MR) is 76.1 cm³/mol. The van der Waals surface area contributed by atoms with Gasteiger partial charge >= 0.3 is 5.63 Å². The Hall–Kier alpha value is -2.75. The Labute approximate surface area is 114 Å².